The fourth-order valence-corrected chi connectivity index (χ4v) is 3.14. The summed E-state index contributed by atoms with van der Waals surface area (Å²) in [6.07, 6.45) is 1.50. The van der Waals surface area contributed by atoms with Crippen molar-refractivity contribution in [3.8, 4) is 17.2 Å². The van der Waals surface area contributed by atoms with Crippen LogP contribution in [0.5, 0.6) is 17.2 Å². The number of nitrogens with one attached hydrogen (secondary N) is 2. The van der Waals surface area contributed by atoms with Crippen LogP contribution >= 0.6 is 11.6 Å². The van der Waals surface area contributed by atoms with Gasteiger partial charge in [-0.25, -0.2) is 5.43 Å². The standard InChI is InChI=1S/C24H20ClN3O5/c25-20-4-2-1-3-18(20)14-31-19-8-5-16(6-9-19)12-27-28-23(29)13-26-24(30)17-7-10-21-22(11-17)33-15-32-21/h1-12H,13-15H2,(H,26,30)(H,28,29)/b27-12-. The second-order valence-electron chi connectivity index (χ2n) is 6.99. The molecule has 33 heavy (non-hydrogen) atoms. The molecule has 0 fully saturated rings. The highest BCUT2D eigenvalue weighted by Crippen LogP contribution is 2.32. The van der Waals surface area contributed by atoms with Crippen LogP contribution < -0.4 is 25.0 Å². The molecule has 0 atom stereocenters. The van der Waals surface area contributed by atoms with E-state index in [1.807, 2.05) is 24.3 Å². The number of carbonyl (C=O) groups excluding carboxylic acids is 2. The van der Waals surface area contributed by atoms with Gasteiger partial charge in [-0.3, -0.25) is 9.59 Å². The minimum atomic E-state index is -0.458. The molecule has 1 aliphatic heterocycles. The number of halogens is 1. The first kappa shape index (κ1) is 22.2. The van der Waals surface area contributed by atoms with E-state index in [0.29, 0.717) is 34.4 Å². The number of rotatable bonds is 8. The first-order chi connectivity index (χ1) is 16.1. The average molecular weight is 466 g/mol. The lowest BCUT2D eigenvalue weighted by Gasteiger charge is -2.07. The van der Waals surface area contributed by atoms with Crippen molar-refractivity contribution in [2.24, 2.45) is 5.10 Å². The summed E-state index contributed by atoms with van der Waals surface area (Å²) in [7, 11) is 0. The van der Waals surface area contributed by atoms with Crippen LogP contribution in [0.3, 0.4) is 0 Å². The van der Waals surface area contributed by atoms with Crippen molar-refractivity contribution in [2.45, 2.75) is 6.61 Å². The van der Waals surface area contributed by atoms with Gasteiger partial charge in [-0.1, -0.05) is 29.8 Å². The molecule has 2 N–H and O–H groups in total. The summed E-state index contributed by atoms with van der Waals surface area (Å²) < 4.78 is 16.2. The van der Waals surface area contributed by atoms with Crippen LogP contribution in [0.1, 0.15) is 21.5 Å². The van der Waals surface area contributed by atoms with Gasteiger partial charge in [0.15, 0.2) is 11.5 Å². The predicted octanol–water partition coefficient (Wildman–Crippen LogP) is 3.53. The molecule has 3 aromatic rings. The van der Waals surface area contributed by atoms with E-state index in [1.54, 1.807) is 42.5 Å². The van der Waals surface area contributed by atoms with Crippen LogP contribution in [0, 0.1) is 0 Å². The number of amides is 2. The van der Waals surface area contributed by atoms with Crippen LogP contribution in [-0.4, -0.2) is 31.4 Å². The number of nitrogens with zero attached hydrogens (tertiary/aromatic N) is 1. The number of hydrogen-bond acceptors (Lipinski definition) is 6. The largest absolute Gasteiger partial charge is 0.489 e. The zero-order valence-corrected chi connectivity index (χ0v) is 18.2. The Balaban J connectivity index is 1.20. The predicted molar refractivity (Wildman–Crippen MR) is 123 cm³/mol. The maximum Gasteiger partial charge on any atom is 0.259 e. The van der Waals surface area contributed by atoms with Crippen molar-refractivity contribution in [2.75, 3.05) is 13.3 Å². The summed E-state index contributed by atoms with van der Waals surface area (Å²) in [6, 6.07) is 19.5. The van der Waals surface area contributed by atoms with Gasteiger partial charge in [-0.2, -0.15) is 5.10 Å². The summed E-state index contributed by atoms with van der Waals surface area (Å²) in [6.45, 7) is 0.264. The molecule has 8 nitrogen and oxygen atoms in total. The molecule has 0 radical (unpaired) electrons. The maximum absolute atomic E-state index is 12.2. The van der Waals surface area contributed by atoms with Gasteiger partial charge in [0, 0.05) is 16.1 Å². The van der Waals surface area contributed by atoms with Gasteiger partial charge in [-0.05, 0) is 54.1 Å². The van der Waals surface area contributed by atoms with Gasteiger partial charge in [0.05, 0.1) is 12.8 Å². The van der Waals surface area contributed by atoms with Crippen LogP contribution in [0.2, 0.25) is 5.02 Å². The highest BCUT2D eigenvalue weighted by Gasteiger charge is 2.16. The molecule has 168 valence electrons. The molecule has 1 heterocycles. The number of hydrazone groups is 1. The van der Waals surface area contributed by atoms with Gasteiger partial charge in [0.2, 0.25) is 6.79 Å². The summed E-state index contributed by atoms with van der Waals surface area (Å²) >= 11 is 6.12. The summed E-state index contributed by atoms with van der Waals surface area (Å²) in [4.78, 5) is 24.1. The first-order valence-electron chi connectivity index (χ1n) is 10.0. The molecule has 9 heteroatoms. The van der Waals surface area contributed by atoms with Crippen molar-refractivity contribution < 1.29 is 23.8 Å². The quantitative estimate of drug-likeness (QED) is 0.392. The Hall–Kier alpha value is -4.04. The second kappa shape index (κ2) is 10.5. The third-order valence-corrected chi connectivity index (χ3v) is 5.05. The molecule has 1 aliphatic rings. The minimum Gasteiger partial charge on any atom is -0.489 e. The molecule has 3 aromatic carbocycles. The van der Waals surface area contributed by atoms with E-state index in [-0.39, 0.29) is 13.3 Å². The molecule has 0 aromatic heterocycles. The van der Waals surface area contributed by atoms with Crippen LogP contribution in [0.4, 0.5) is 0 Å². The van der Waals surface area contributed by atoms with Crippen molar-refractivity contribution in [3.63, 3.8) is 0 Å². The molecular weight excluding hydrogens is 446 g/mol. The fraction of sp³-hybridized carbons (Fsp3) is 0.125. The lowest BCUT2D eigenvalue weighted by atomic mass is 10.2. The summed E-state index contributed by atoms with van der Waals surface area (Å²) in [5.74, 6) is 0.901. The van der Waals surface area contributed by atoms with E-state index in [9.17, 15) is 9.59 Å². The van der Waals surface area contributed by atoms with Crippen molar-refractivity contribution >= 4 is 29.6 Å². The van der Waals surface area contributed by atoms with Crippen LogP contribution in [-0.2, 0) is 11.4 Å². The number of hydrogen-bond donors (Lipinski definition) is 2. The number of ether oxygens (including phenoxy) is 3. The van der Waals surface area contributed by atoms with Crippen molar-refractivity contribution in [1.29, 1.82) is 0 Å². The highest BCUT2D eigenvalue weighted by molar-refractivity contribution is 6.31. The Labute approximate surface area is 195 Å². The number of fused-ring (bicyclic) bond motifs is 1. The van der Waals surface area contributed by atoms with Gasteiger partial charge < -0.3 is 19.5 Å². The lowest BCUT2D eigenvalue weighted by Crippen LogP contribution is -2.34. The van der Waals surface area contributed by atoms with Crippen LogP contribution in [0.15, 0.2) is 71.8 Å². The first-order valence-corrected chi connectivity index (χ1v) is 10.4. The smallest absolute Gasteiger partial charge is 0.259 e. The van der Waals surface area contributed by atoms with Gasteiger partial charge in [-0.15, -0.1) is 0 Å². The van der Waals surface area contributed by atoms with E-state index in [1.165, 1.54) is 6.21 Å². The Morgan fingerprint density at radius 2 is 1.82 bits per heavy atom. The van der Waals surface area contributed by atoms with E-state index >= 15 is 0 Å². The minimum absolute atomic E-state index is 0.124. The topological polar surface area (TPSA) is 98.3 Å². The Kier molecular flexibility index (Phi) is 7.06. The highest BCUT2D eigenvalue weighted by atomic mass is 35.5. The number of carbonyl (C=O) groups is 2. The maximum atomic E-state index is 12.2. The molecule has 0 saturated carbocycles. The average Bonchev–Trinajstić information content (AvgIpc) is 3.31. The Morgan fingerprint density at radius 1 is 1.03 bits per heavy atom. The SMILES string of the molecule is O=C(CNC(=O)c1ccc2c(c1)OCO2)N/N=C\c1ccc(OCc2ccccc2Cl)cc1. The molecule has 0 saturated heterocycles. The zero-order valence-electron chi connectivity index (χ0n) is 17.4. The fourth-order valence-electron chi connectivity index (χ4n) is 2.95. The lowest BCUT2D eigenvalue weighted by molar-refractivity contribution is -0.120. The molecule has 0 bridgehead atoms. The van der Waals surface area contributed by atoms with Crippen molar-refractivity contribution in [3.05, 3.63) is 88.4 Å². The normalized spacial score (nSPS) is 11.9. The molecule has 2 amide bonds. The monoisotopic (exact) mass is 465 g/mol. The van der Waals surface area contributed by atoms with Crippen LogP contribution in [0.25, 0.3) is 0 Å². The van der Waals surface area contributed by atoms with Crippen molar-refractivity contribution in [1.82, 2.24) is 10.7 Å². The summed E-state index contributed by atoms with van der Waals surface area (Å²) in [5, 5.41) is 7.09. The third kappa shape index (κ3) is 6.02. The second-order valence-corrected chi connectivity index (χ2v) is 7.40. The van der Waals surface area contributed by atoms with E-state index in [2.05, 4.69) is 15.8 Å². The molecule has 0 spiro atoms. The van der Waals surface area contributed by atoms with Gasteiger partial charge >= 0.3 is 0 Å². The zero-order chi connectivity index (χ0) is 23.0. The Bertz CT molecular complexity index is 1180. The molecule has 0 unspecified atom stereocenters. The molecule has 0 aliphatic carbocycles. The Morgan fingerprint density at radius 3 is 2.64 bits per heavy atom. The number of benzene rings is 3. The summed E-state index contributed by atoms with van der Waals surface area (Å²) in [5.41, 5.74) is 4.41. The van der Waals surface area contributed by atoms with E-state index < -0.39 is 11.8 Å². The molecule has 4 rings (SSSR count). The van der Waals surface area contributed by atoms with Gasteiger partial charge in [0.25, 0.3) is 11.8 Å². The van der Waals surface area contributed by atoms with Gasteiger partial charge in [0.1, 0.15) is 12.4 Å². The van der Waals surface area contributed by atoms with E-state index in [4.69, 9.17) is 25.8 Å². The van der Waals surface area contributed by atoms with E-state index in [0.717, 1.165) is 11.1 Å². The molecular formula is C24H20ClN3O5. The third-order valence-electron chi connectivity index (χ3n) is 4.68.